The van der Waals surface area contributed by atoms with Crippen LogP contribution in [0.25, 0.3) is 0 Å². The van der Waals surface area contributed by atoms with E-state index in [1.54, 1.807) is 12.1 Å². The highest BCUT2D eigenvalue weighted by molar-refractivity contribution is 9.10. The number of hydrogen-bond donors (Lipinski definition) is 1. The first kappa shape index (κ1) is 15.9. The molecule has 1 N–H and O–H groups in total. The average molecular weight is 357 g/mol. The molecule has 2 rings (SSSR count). The summed E-state index contributed by atoms with van der Waals surface area (Å²) in [5, 5.41) is 2.61. The lowest BCUT2D eigenvalue weighted by atomic mass is 9.83. The Morgan fingerprint density at radius 3 is 2.67 bits per heavy atom. The lowest BCUT2D eigenvalue weighted by molar-refractivity contribution is -0.150. The number of nitrogens with zero attached hydrogens (tertiary/aromatic N) is 1. The third-order valence-electron chi connectivity index (χ3n) is 3.49. The second kappa shape index (κ2) is 5.75. The molecule has 1 unspecified atom stereocenters. The van der Waals surface area contributed by atoms with E-state index in [9.17, 15) is 14.0 Å². The fourth-order valence-electron chi connectivity index (χ4n) is 2.54. The number of benzene rings is 1. The average Bonchev–Trinajstić information content (AvgIpc) is 2.37. The maximum absolute atomic E-state index is 13.6. The molecule has 1 aromatic carbocycles. The first-order valence-electron chi connectivity index (χ1n) is 6.72. The molecule has 2 amide bonds. The predicted octanol–water partition coefficient (Wildman–Crippen LogP) is 2.46. The molecule has 4 nitrogen and oxygen atoms in total. The number of piperazine rings is 1. The summed E-state index contributed by atoms with van der Waals surface area (Å²) in [5.41, 5.74) is 0.243. The van der Waals surface area contributed by atoms with Crippen molar-refractivity contribution in [2.75, 3.05) is 6.54 Å². The lowest BCUT2D eigenvalue weighted by Gasteiger charge is -2.42. The van der Waals surface area contributed by atoms with E-state index in [4.69, 9.17) is 0 Å². The van der Waals surface area contributed by atoms with Gasteiger partial charge in [-0.1, -0.05) is 32.9 Å². The zero-order valence-corrected chi connectivity index (χ0v) is 13.8. The van der Waals surface area contributed by atoms with E-state index in [1.165, 1.54) is 11.0 Å². The van der Waals surface area contributed by atoms with Crippen LogP contribution in [-0.2, 0) is 16.1 Å². The van der Waals surface area contributed by atoms with Crippen LogP contribution < -0.4 is 5.32 Å². The van der Waals surface area contributed by atoms with E-state index < -0.39 is 11.5 Å². The number of hydrogen-bond acceptors (Lipinski definition) is 2. The SMILES string of the molecule is CC(C)(C)C1C(=O)NCC(=O)N1Cc1cccc(F)c1Br. The molecule has 0 aliphatic carbocycles. The first-order valence-corrected chi connectivity index (χ1v) is 7.51. The molecular weight excluding hydrogens is 339 g/mol. The summed E-state index contributed by atoms with van der Waals surface area (Å²) < 4.78 is 13.9. The van der Waals surface area contributed by atoms with Crippen molar-refractivity contribution in [1.82, 2.24) is 10.2 Å². The van der Waals surface area contributed by atoms with Gasteiger partial charge < -0.3 is 10.2 Å². The number of amides is 2. The first-order chi connectivity index (χ1) is 9.71. The minimum absolute atomic E-state index is 0.0155. The van der Waals surface area contributed by atoms with Crippen molar-refractivity contribution in [1.29, 1.82) is 0 Å². The highest BCUT2D eigenvalue weighted by Gasteiger charge is 2.42. The summed E-state index contributed by atoms with van der Waals surface area (Å²) >= 11 is 3.20. The predicted molar refractivity (Wildman–Crippen MR) is 80.9 cm³/mol. The number of nitrogens with one attached hydrogen (secondary N) is 1. The Morgan fingerprint density at radius 1 is 1.38 bits per heavy atom. The summed E-state index contributed by atoms with van der Waals surface area (Å²) in [4.78, 5) is 25.9. The quantitative estimate of drug-likeness (QED) is 0.884. The molecule has 0 radical (unpaired) electrons. The van der Waals surface area contributed by atoms with Gasteiger partial charge in [-0.2, -0.15) is 0 Å². The molecule has 1 saturated heterocycles. The van der Waals surface area contributed by atoms with Crippen molar-refractivity contribution in [2.45, 2.75) is 33.4 Å². The van der Waals surface area contributed by atoms with Crippen LogP contribution >= 0.6 is 15.9 Å². The molecule has 0 bridgehead atoms. The van der Waals surface area contributed by atoms with Crippen molar-refractivity contribution < 1.29 is 14.0 Å². The van der Waals surface area contributed by atoms with E-state index in [-0.39, 0.29) is 30.7 Å². The highest BCUT2D eigenvalue weighted by atomic mass is 79.9. The molecule has 1 aromatic rings. The van der Waals surface area contributed by atoms with Crippen LogP contribution in [-0.4, -0.2) is 29.3 Å². The maximum atomic E-state index is 13.6. The Labute approximate surface area is 131 Å². The molecule has 1 aliphatic rings. The van der Waals surface area contributed by atoms with Gasteiger partial charge in [-0.25, -0.2) is 4.39 Å². The van der Waals surface area contributed by atoms with Crippen molar-refractivity contribution in [3.8, 4) is 0 Å². The molecule has 21 heavy (non-hydrogen) atoms. The normalized spacial score (nSPS) is 19.7. The monoisotopic (exact) mass is 356 g/mol. The van der Waals surface area contributed by atoms with Crippen LogP contribution in [0.5, 0.6) is 0 Å². The Kier molecular flexibility index (Phi) is 4.37. The van der Waals surface area contributed by atoms with E-state index in [0.29, 0.717) is 10.0 Å². The molecule has 0 aromatic heterocycles. The standard InChI is InChI=1S/C15H18BrFN2O2/c1-15(2,3)13-14(21)18-7-11(20)19(13)8-9-5-4-6-10(17)12(9)16/h4-6,13H,7-8H2,1-3H3,(H,18,21). The van der Waals surface area contributed by atoms with E-state index in [0.717, 1.165) is 0 Å². The van der Waals surface area contributed by atoms with Crippen molar-refractivity contribution in [2.24, 2.45) is 5.41 Å². The fourth-order valence-corrected chi connectivity index (χ4v) is 2.93. The number of rotatable bonds is 2. The molecule has 0 saturated carbocycles. The number of halogens is 2. The summed E-state index contributed by atoms with van der Waals surface area (Å²) in [6.45, 7) is 5.90. The van der Waals surface area contributed by atoms with Gasteiger partial charge in [0.15, 0.2) is 0 Å². The highest BCUT2D eigenvalue weighted by Crippen LogP contribution is 2.30. The van der Waals surface area contributed by atoms with Crippen molar-refractivity contribution in [3.05, 3.63) is 34.1 Å². The Hall–Kier alpha value is -1.43. The van der Waals surface area contributed by atoms with Crippen LogP contribution in [0, 0.1) is 11.2 Å². The maximum Gasteiger partial charge on any atom is 0.243 e. The summed E-state index contributed by atoms with van der Waals surface area (Å²) in [6.07, 6.45) is 0. The van der Waals surface area contributed by atoms with Gasteiger partial charge >= 0.3 is 0 Å². The number of carbonyl (C=O) groups is 2. The van der Waals surface area contributed by atoms with Gasteiger partial charge in [-0.3, -0.25) is 9.59 Å². The van der Waals surface area contributed by atoms with Gasteiger partial charge in [-0.15, -0.1) is 0 Å². The lowest BCUT2D eigenvalue weighted by Crippen LogP contribution is -2.62. The van der Waals surface area contributed by atoms with Crippen LogP contribution in [0.1, 0.15) is 26.3 Å². The van der Waals surface area contributed by atoms with Crippen LogP contribution in [0.2, 0.25) is 0 Å². The second-order valence-corrected chi connectivity index (χ2v) is 7.01. The summed E-state index contributed by atoms with van der Waals surface area (Å²) in [6, 6.07) is 4.11. The molecule has 1 atom stereocenters. The minimum atomic E-state index is -0.575. The van der Waals surface area contributed by atoms with Crippen molar-refractivity contribution >= 4 is 27.7 Å². The second-order valence-electron chi connectivity index (χ2n) is 6.22. The topological polar surface area (TPSA) is 49.4 Å². The smallest absolute Gasteiger partial charge is 0.243 e. The van der Waals surface area contributed by atoms with Crippen LogP contribution in [0.15, 0.2) is 22.7 Å². The molecule has 6 heteroatoms. The molecular formula is C15H18BrFN2O2. The molecule has 1 aliphatic heterocycles. The van der Waals surface area contributed by atoms with Gasteiger partial charge in [0, 0.05) is 6.54 Å². The third-order valence-corrected chi connectivity index (χ3v) is 4.37. The Morgan fingerprint density at radius 2 is 2.05 bits per heavy atom. The molecule has 114 valence electrons. The summed E-state index contributed by atoms with van der Waals surface area (Å²) in [5.74, 6) is -0.714. The third kappa shape index (κ3) is 3.26. The Balaban J connectivity index is 2.36. The molecule has 1 heterocycles. The zero-order valence-electron chi connectivity index (χ0n) is 12.2. The zero-order chi connectivity index (χ0) is 15.8. The summed E-state index contributed by atoms with van der Waals surface area (Å²) in [7, 11) is 0. The Bertz CT molecular complexity index is 584. The van der Waals surface area contributed by atoms with Gasteiger partial charge in [0.1, 0.15) is 11.9 Å². The van der Waals surface area contributed by atoms with E-state index in [2.05, 4.69) is 21.2 Å². The van der Waals surface area contributed by atoms with Crippen LogP contribution in [0.3, 0.4) is 0 Å². The van der Waals surface area contributed by atoms with Gasteiger partial charge in [0.2, 0.25) is 11.8 Å². The fraction of sp³-hybridized carbons (Fsp3) is 0.467. The van der Waals surface area contributed by atoms with E-state index in [1.807, 2.05) is 20.8 Å². The van der Waals surface area contributed by atoms with Gasteiger partial charge in [-0.05, 0) is 33.0 Å². The van der Waals surface area contributed by atoms with Gasteiger partial charge in [0.05, 0.1) is 11.0 Å². The largest absolute Gasteiger partial charge is 0.345 e. The van der Waals surface area contributed by atoms with Crippen LogP contribution in [0.4, 0.5) is 4.39 Å². The van der Waals surface area contributed by atoms with Crippen molar-refractivity contribution in [3.63, 3.8) is 0 Å². The molecule has 1 fully saturated rings. The molecule has 0 spiro atoms. The number of carbonyl (C=O) groups excluding carboxylic acids is 2. The van der Waals surface area contributed by atoms with E-state index >= 15 is 0 Å². The van der Waals surface area contributed by atoms with Gasteiger partial charge in [0.25, 0.3) is 0 Å². The minimum Gasteiger partial charge on any atom is -0.345 e.